The SMILES string of the molecule is Cc1cnn(-c2nccnc2C(N)=O)c1. The van der Waals surface area contributed by atoms with Crippen molar-refractivity contribution in [2.45, 2.75) is 6.92 Å². The van der Waals surface area contributed by atoms with E-state index in [4.69, 9.17) is 5.73 Å². The molecule has 0 bridgehead atoms. The van der Waals surface area contributed by atoms with Crippen molar-refractivity contribution in [1.82, 2.24) is 19.7 Å². The average Bonchev–Trinajstić information content (AvgIpc) is 2.65. The molecule has 6 heteroatoms. The van der Waals surface area contributed by atoms with E-state index >= 15 is 0 Å². The highest BCUT2D eigenvalue weighted by Crippen LogP contribution is 2.07. The highest BCUT2D eigenvalue weighted by molar-refractivity contribution is 5.93. The molecule has 0 atom stereocenters. The first-order valence-electron chi connectivity index (χ1n) is 4.31. The van der Waals surface area contributed by atoms with Crippen LogP contribution in [0.2, 0.25) is 0 Å². The van der Waals surface area contributed by atoms with Gasteiger partial charge in [0.05, 0.1) is 6.20 Å². The molecule has 0 saturated heterocycles. The fourth-order valence-electron chi connectivity index (χ4n) is 1.20. The minimum absolute atomic E-state index is 0.112. The van der Waals surface area contributed by atoms with Gasteiger partial charge in [-0.2, -0.15) is 5.10 Å². The monoisotopic (exact) mass is 203 g/mol. The van der Waals surface area contributed by atoms with Crippen LogP contribution in [0.3, 0.4) is 0 Å². The molecule has 0 aliphatic heterocycles. The fraction of sp³-hybridized carbons (Fsp3) is 0.111. The zero-order chi connectivity index (χ0) is 10.8. The predicted octanol–water partition coefficient (Wildman–Crippen LogP) is 0.0696. The number of carbonyl (C=O) groups excluding carboxylic acids is 1. The third kappa shape index (κ3) is 1.69. The number of rotatable bonds is 2. The molecule has 2 heterocycles. The van der Waals surface area contributed by atoms with Crippen molar-refractivity contribution < 1.29 is 4.79 Å². The van der Waals surface area contributed by atoms with Gasteiger partial charge in [0.1, 0.15) is 0 Å². The van der Waals surface area contributed by atoms with Crippen LogP contribution in [0.1, 0.15) is 16.1 Å². The predicted molar refractivity (Wildman–Crippen MR) is 52.4 cm³/mol. The summed E-state index contributed by atoms with van der Waals surface area (Å²) < 4.78 is 1.47. The Kier molecular flexibility index (Phi) is 2.17. The van der Waals surface area contributed by atoms with Crippen LogP contribution < -0.4 is 5.73 Å². The van der Waals surface area contributed by atoms with Gasteiger partial charge in [-0.15, -0.1) is 0 Å². The molecular formula is C9H9N5O. The maximum Gasteiger partial charge on any atom is 0.271 e. The third-order valence-electron chi connectivity index (χ3n) is 1.84. The lowest BCUT2D eigenvalue weighted by atomic mass is 10.4. The zero-order valence-corrected chi connectivity index (χ0v) is 8.08. The van der Waals surface area contributed by atoms with Gasteiger partial charge in [-0.3, -0.25) is 4.79 Å². The van der Waals surface area contributed by atoms with Crippen molar-refractivity contribution in [3.63, 3.8) is 0 Å². The second-order valence-electron chi connectivity index (χ2n) is 3.06. The maximum atomic E-state index is 11.1. The highest BCUT2D eigenvalue weighted by atomic mass is 16.1. The van der Waals surface area contributed by atoms with E-state index in [0.29, 0.717) is 5.82 Å². The molecule has 0 fully saturated rings. The number of hydrogen-bond donors (Lipinski definition) is 1. The molecule has 1 amide bonds. The standard InChI is InChI=1S/C9H9N5O/c1-6-4-13-14(5-6)9-7(8(10)15)11-2-3-12-9/h2-5H,1H3,(H2,10,15). The minimum Gasteiger partial charge on any atom is -0.364 e. The zero-order valence-electron chi connectivity index (χ0n) is 8.08. The van der Waals surface area contributed by atoms with Gasteiger partial charge in [-0.25, -0.2) is 14.6 Å². The van der Waals surface area contributed by atoms with Crippen LogP contribution in [0.15, 0.2) is 24.8 Å². The Balaban J connectivity index is 2.57. The first-order chi connectivity index (χ1) is 7.18. The molecule has 6 nitrogen and oxygen atoms in total. The summed E-state index contributed by atoms with van der Waals surface area (Å²) in [5, 5.41) is 4.04. The summed E-state index contributed by atoms with van der Waals surface area (Å²) in [6.07, 6.45) is 6.31. The molecule has 2 aromatic heterocycles. The van der Waals surface area contributed by atoms with E-state index in [1.54, 1.807) is 12.4 Å². The number of primary amides is 1. The van der Waals surface area contributed by atoms with Gasteiger partial charge in [0.2, 0.25) is 0 Å². The van der Waals surface area contributed by atoms with Crippen molar-refractivity contribution in [2.24, 2.45) is 5.73 Å². The van der Waals surface area contributed by atoms with Gasteiger partial charge in [0.25, 0.3) is 5.91 Å². The van der Waals surface area contributed by atoms with E-state index in [0.717, 1.165) is 5.56 Å². The average molecular weight is 203 g/mol. The Morgan fingerprint density at radius 3 is 2.73 bits per heavy atom. The number of amides is 1. The molecule has 15 heavy (non-hydrogen) atoms. The Morgan fingerprint density at radius 1 is 1.40 bits per heavy atom. The van der Waals surface area contributed by atoms with Crippen molar-refractivity contribution in [3.8, 4) is 5.82 Å². The van der Waals surface area contributed by atoms with Crippen LogP contribution in [0.25, 0.3) is 5.82 Å². The topological polar surface area (TPSA) is 86.7 Å². The quantitative estimate of drug-likeness (QED) is 0.748. The molecule has 0 aliphatic carbocycles. The normalized spacial score (nSPS) is 10.2. The Labute approximate surface area is 85.8 Å². The molecule has 0 aliphatic rings. The molecule has 0 aromatic carbocycles. The van der Waals surface area contributed by atoms with Crippen LogP contribution in [-0.4, -0.2) is 25.7 Å². The van der Waals surface area contributed by atoms with E-state index < -0.39 is 5.91 Å². The molecule has 0 unspecified atom stereocenters. The number of hydrogen-bond acceptors (Lipinski definition) is 4. The van der Waals surface area contributed by atoms with Gasteiger partial charge in [-0.1, -0.05) is 0 Å². The van der Waals surface area contributed by atoms with Crippen molar-refractivity contribution in [1.29, 1.82) is 0 Å². The number of aromatic nitrogens is 4. The molecule has 2 N–H and O–H groups in total. The van der Waals surface area contributed by atoms with Crippen molar-refractivity contribution in [2.75, 3.05) is 0 Å². The van der Waals surface area contributed by atoms with Gasteiger partial charge >= 0.3 is 0 Å². The lowest BCUT2D eigenvalue weighted by Gasteiger charge is -2.02. The summed E-state index contributed by atoms with van der Waals surface area (Å²) in [5.74, 6) is -0.274. The van der Waals surface area contributed by atoms with Gasteiger partial charge in [0.15, 0.2) is 11.5 Å². The van der Waals surface area contributed by atoms with Gasteiger partial charge in [-0.05, 0) is 12.5 Å². The van der Waals surface area contributed by atoms with Crippen molar-refractivity contribution >= 4 is 5.91 Å². The van der Waals surface area contributed by atoms with Gasteiger partial charge < -0.3 is 5.73 Å². The number of aryl methyl sites for hydroxylation is 1. The van der Waals surface area contributed by atoms with Gasteiger partial charge in [0, 0.05) is 18.6 Å². The largest absolute Gasteiger partial charge is 0.364 e. The molecule has 0 spiro atoms. The molecule has 2 rings (SSSR count). The molecule has 2 aromatic rings. The lowest BCUT2D eigenvalue weighted by Crippen LogP contribution is -2.17. The molecular weight excluding hydrogens is 194 g/mol. The number of carbonyl (C=O) groups is 1. The summed E-state index contributed by atoms with van der Waals surface area (Å²) in [7, 11) is 0. The van der Waals surface area contributed by atoms with E-state index in [-0.39, 0.29) is 5.69 Å². The second-order valence-corrected chi connectivity index (χ2v) is 3.06. The van der Waals surface area contributed by atoms with E-state index in [9.17, 15) is 4.79 Å². The van der Waals surface area contributed by atoms with Crippen LogP contribution >= 0.6 is 0 Å². The van der Waals surface area contributed by atoms with Crippen LogP contribution in [-0.2, 0) is 0 Å². The van der Waals surface area contributed by atoms with E-state index in [1.807, 2.05) is 6.92 Å². The summed E-state index contributed by atoms with van der Waals surface area (Å²) in [6, 6.07) is 0. The van der Waals surface area contributed by atoms with Crippen molar-refractivity contribution in [3.05, 3.63) is 36.0 Å². The maximum absolute atomic E-state index is 11.1. The fourth-order valence-corrected chi connectivity index (χ4v) is 1.20. The lowest BCUT2D eigenvalue weighted by molar-refractivity contribution is 0.0995. The Hall–Kier alpha value is -2.24. The molecule has 0 radical (unpaired) electrons. The summed E-state index contributed by atoms with van der Waals surface area (Å²) in [4.78, 5) is 19.0. The first-order valence-corrected chi connectivity index (χ1v) is 4.31. The first kappa shape index (κ1) is 9.32. The number of nitrogens with zero attached hydrogens (tertiary/aromatic N) is 4. The highest BCUT2D eigenvalue weighted by Gasteiger charge is 2.12. The summed E-state index contributed by atoms with van der Waals surface area (Å²) in [6.45, 7) is 1.89. The smallest absolute Gasteiger partial charge is 0.271 e. The van der Waals surface area contributed by atoms with Crippen LogP contribution in [0.5, 0.6) is 0 Å². The summed E-state index contributed by atoms with van der Waals surface area (Å²) in [5.41, 5.74) is 6.26. The Morgan fingerprint density at radius 2 is 2.13 bits per heavy atom. The minimum atomic E-state index is -0.619. The molecule has 0 saturated carbocycles. The Bertz CT molecular complexity index is 505. The third-order valence-corrected chi connectivity index (χ3v) is 1.84. The molecule has 76 valence electrons. The summed E-state index contributed by atoms with van der Waals surface area (Å²) >= 11 is 0. The second kappa shape index (κ2) is 3.49. The van der Waals surface area contributed by atoms with Crippen LogP contribution in [0, 0.1) is 6.92 Å². The van der Waals surface area contributed by atoms with E-state index in [2.05, 4.69) is 15.1 Å². The number of nitrogens with two attached hydrogens (primary N) is 1. The van der Waals surface area contributed by atoms with E-state index in [1.165, 1.54) is 17.1 Å². The van der Waals surface area contributed by atoms with Crippen LogP contribution in [0.4, 0.5) is 0 Å².